The number of carboxylic acids is 1. The van der Waals surface area contributed by atoms with Crippen molar-refractivity contribution in [2.75, 3.05) is 26.3 Å². The van der Waals surface area contributed by atoms with Gasteiger partial charge in [-0.2, -0.15) is 0 Å². The van der Waals surface area contributed by atoms with Gasteiger partial charge < -0.3 is 10.0 Å². The van der Waals surface area contributed by atoms with Crippen molar-refractivity contribution >= 4 is 28.7 Å². The molecule has 0 aromatic heterocycles. The molecular weight excluding hydrogens is 504 g/mol. The molecule has 0 spiro atoms. The van der Waals surface area contributed by atoms with E-state index in [0.29, 0.717) is 29.3 Å². The normalized spacial score (nSPS) is 16.2. The summed E-state index contributed by atoms with van der Waals surface area (Å²) in [6.45, 7) is 4.19. The van der Waals surface area contributed by atoms with Crippen LogP contribution in [0.4, 0.5) is 8.78 Å². The van der Waals surface area contributed by atoms with Crippen molar-refractivity contribution in [2.45, 2.75) is 39.0 Å². The van der Waals surface area contributed by atoms with Gasteiger partial charge in [-0.05, 0) is 108 Å². The summed E-state index contributed by atoms with van der Waals surface area (Å²) in [7, 11) is 0. The predicted octanol–water partition coefficient (Wildman–Crippen LogP) is 7.62. The first kappa shape index (κ1) is 26.6. The van der Waals surface area contributed by atoms with Crippen LogP contribution in [0.2, 0.25) is 5.02 Å². The molecule has 2 aliphatic rings. The number of hydrogen-bond donors (Lipinski definition) is 1. The molecule has 1 aliphatic carbocycles. The topological polar surface area (TPSA) is 40.5 Å². The third-order valence-electron chi connectivity index (χ3n) is 7.80. The van der Waals surface area contributed by atoms with Crippen LogP contribution in [0, 0.1) is 18.7 Å². The van der Waals surface area contributed by atoms with E-state index >= 15 is 4.39 Å². The zero-order valence-corrected chi connectivity index (χ0v) is 22.3. The van der Waals surface area contributed by atoms with E-state index in [9.17, 15) is 14.3 Å². The van der Waals surface area contributed by atoms with E-state index in [1.54, 1.807) is 18.2 Å². The van der Waals surface area contributed by atoms with Crippen LogP contribution in [0.1, 0.15) is 63.0 Å². The standard InChI is InChI=1S/C32H32ClF2NO2/c1-20-5-2-8-28(31(20)33)27-7-3-6-22-16-25(32(37)38)11-12-26(22)30(27)24-10-9-23(29(35)17-24)15-21-18-36(19-21)14-4-13-34/h2,5,8-12,16-17,21H,3-4,6-7,13-15,18-19H2,1H3,(H,37,38). The number of nitrogens with zero attached hydrogens (tertiary/aromatic N) is 1. The van der Waals surface area contributed by atoms with Crippen molar-refractivity contribution < 1.29 is 18.7 Å². The molecule has 1 aliphatic heterocycles. The van der Waals surface area contributed by atoms with Crippen LogP contribution < -0.4 is 0 Å². The van der Waals surface area contributed by atoms with Gasteiger partial charge in [0, 0.05) is 19.6 Å². The van der Waals surface area contributed by atoms with E-state index in [4.69, 9.17) is 11.6 Å². The summed E-state index contributed by atoms with van der Waals surface area (Å²) in [4.78, 5) is 13.9. The summed E-state index contributed by atoms with van der Waals surface area (Å²) in [6, 6.07) is 16.7. The number of hydrogen-bond acceptors (Lipinski definition) is 2. The first-order valence-electron chi connectivity index (χ1n) is 13.3. The van der Waals surface area contributed by atoms with Gasteiger partial charge in [-0.3, -0.25) is 4.39 Å². The SMILES string of the molecule is Cc1cccc(C2=C(c3ccc(CC4CN(CCCF)C4)c(F)c3)c3ccc(C(=O)O)cc3CCC2)c1Cl. The van der Waals surface area contributed by atoms with Gasteiger partial charge in [0.15, 0.2) is 0 Å². The Bertz CT molecular complexity index is 1390. The van der Waals surface area contributed by atoms with Gasteiger partial charge in [0.2, 0.25) is 0 Å². The van der Waals surface area contributed by atoms with Gasteiger partial charge in [0.25, 0.3) is 0 Å². The second-order valence-electron chi connectivity index (χ2n) is 10.5. The minimum absolute atomic E-state index is 0.236. The second-order valence-corrected chi connectivity index (χ2v) is 10.9. The smallest absolute Gasteiger partial charge is 0.335 e. The van der Waals surface area contributed by atoms with Crippen molar-refractivity contribution in [1.29, 1.82) is 0 Å². The summed E-state index contributed by atoms with van der Waals surface area (Å²) >= 11 is 6.80. The molecular formula is C32H32ClF2NO2. The highest BCUT2D eigenvalue weighted by atomic mass is 35.5. The first-order chi connectivity index (χ1) is 18.4. The van der Waals surface area contributed by atoms with Crippen LogP contribution in [0.3, 0.4) is 0 Å². The number of halogens is 3. The zero-order valence-electron chi connectivity index (χ0n) is 21.6. The highest BCUT2D eigenvalue weighted by molar-refractivity contribution is 6.33. The maximum absolute atomic E-state index is 15.6. The molecule has 0 amide bonds. The quantitative estimate of drug-likeness (QED) is 0.322. The predicted molar refractivity (Wildman–Crippen MR) is 149 cm³/mol. The third-order valence-corrected chi connectivity index (χ3v) is 8.31. The molecule has 5 rings (SSSR count). The fourth-order valence-electron chi connectivity index (χ4n) is 5.85. The lowest BCUT2D eigenvalue weighted by Crippen LogP contribution is -2.48. The largest absolute Gasteiger partial charge is 0.478 e. The van der Waals surface area contributed by atoms with Crippen LogP contribution in [-0.2, 0) is 12.8 Å². The second kappa shape index (κ2) is 11.4. The molecule has 3 nitrogen and oxygen atoms in total. The Kier molecular flexibility index (Phi) is 7.96. The molecule has 1 saturated heterocycles. The van der Waals surface area contributed by atoms with Crippen LogP contribution in [0.15, 0.2) is 54.6 Å². The van der Waals surface area contributed by atoms with Crippen molar-refractivity contribution in [2.24, 2.45) is 5.92 Å². The number of aromatic carboxylic acids is 1. The highest BCUT2D eigenvalue weighted by Crippen LogP contribution is 2.43. The summed E-state index contributed by atoms with van der Waals surface area (Å²) in [6.07, 6.45) is 3.52. The molecule has 3 aromatic carbocycles. The summed E-state index contributed by atoms with van der Waals surface area (Å²) in [5, 5.41) is 10.2. The number of aryl methyl sites for hydroxylation is 2. The van der Waals surface area contributed by atoms with Crippen LogP contribution in [0.25, 0.3) is 11.1 Å². The van der Waals surface area contributed by atoms with Crippen molar-refractivity contribution in [1.82, 2.24) is 4.90 Å². The summed E-state index contributed by atoms with van der Waals surface area (Å²) in [5.41, 5.74) is 7.46. The Hall–Kier alpha value is -3.02. The average molecular weight is 536 g/mol. The molecule has 0 unspecified atom stereocenters. The van der Waals surface area contributed by atoms with Gasteiger partial charge in [-0.1, -0.05) is 48.0 Å². The average Bonchev–Trinajstić information content (AvgIpc) is 3.06. The monoisotopic (exact) mass is 535 g/mol. The Labute approximate surface area is 227 Å². The molecule has 1 fully saturated rings. The van der Waals surface area contributed by atoms with E-state index in [0.717, 1.165) is 77.9 Å². The van der Waals surface area contributed by atoms with Crippen LogP contribution in [0.5, 0.6) is 0 Å². The zero-order chi connectivity index (χ0) is 26.8. The highest BCUT2D eigenvalue weighted by Gasteiger charge is 2.28. The number of allylic oxidation sites excluding steroid dienone is 1. The molecule has 3 aromatic rings. The van der Waals surface area contributed by atoms with Crippen molar-refractivity contribution in [3.63, 3.8) is 0 Å². The number of rotatable bonds is 8. The van der Waals surface area contributed by atoms with Crippen LogP contribution in [-0.4, -0.2) is 42.3 Å². The van der Waals surface area contributed by atoms with Gasteiger partial charge >= 0.3 is 5.97 Å². The number of carboxylic acid groups (broad SMARTS) is 1. The lowest BCUT2D eigenvalue weighted by Gasteiger charge is -2.39. The van der Waals surface area contributed by atoms with Crippen molar-refractivity contribution in [3.8, 4) is 0 Å². The maximum Gasteiger partial charge on any atom is 0.335 e. The Balaban J connectivity index is 1.55. The Morgan fingerprint density at radius 2 is 1.89 bits per heavy atom. The molecule has 1 heterocycles. The maximum atomic E-state index is 15.6. The number of carbonyl (C=O) groups is 1. The summed E-state index contributed by atoms with van der Waals surface area (Å²) < 4.78 is 28.0. The van der Waals surface area contributed by atoms with E-state index < -0.39 is 5.97 Å². The molecule has 0 radical (unpaired) electrons. The van der Waals surface area contributed by atoms with E-state index in [1.807, 2.05) is 43.3 Å². The summed E-state index contributed by atoms with van der Waals surface area (Å²) in [5.74, 6) is -0.817. The first-order valence-corrected chi connectivity index (χ1v) is 13.7. The van der Waals surface area contributed by atoms with Gasteiger partial charge in [0.1, 0.15) is 5.82 Å². The van der Waals surface area contributed by atoms with Crippen molar-refractivity contribution in [3.05, 3.63) is 104 Å². The lowest BCUT2D eigenvalue weighted by molar-refractivity contribution is 0.0696. The minimum atomic E-state index is -0.959. The van der Waals surface area contributed by atoms with E-state index in [1.165, 1.54) is 0 Å². The molecule has 0 saturated carbocycles. The minimum Gasteiger partial charge on any atom is -0.478 e. The Morgan fingerprint density at radius 1 is 1.08 bits per heavy atom. The van der Waals surface area contributed by atoms with Gasteiger partial charge in [-0.15, -0.1) is 0 Å². The number of likely N-dealkylation sites (tertiary alicyclic amines) is 1. The van der Waals surface area contributed by atoms with E-state index in [-0.39, 0.29) is 18.1 Å². The number of fused-ring (bicyclic) bond motifs is 1. The fourth-order valence-corrected chi connectivity index (χ4v) is 6.09. The van der Waals surface area contributed by atoms with Crippen LogP contribution >= 0.6 is 11.6 Å². The number of alkyl halides is 1. The molecule has 0 bridgehead atoms. The number of benzene rings is 3. The molecule has 1 N–H and O–H groups in total. The Morgan fingerprint density at radius 3 is 2.63 bits per heavy atom. The molecule has 0 atom stereocenters. The molecule has 198 valence electrons. The van der Waals surface area contributed by atoms with Gasteiger partial charge in [0.05, 0.1) is 17.3 Å². The van der Waals surface area contributed by atoms with Gasteiger partial charge in [-0.25, -0.2) is 9.18 Å². The molecule has 6 heteroatoms. The third kappa shape index (κ3) is 5.41. The lowest BCUT2D eigenvalue weighted by atomic mass is 9.85. The molecule has 38 heavy (non-hydrogen) atoms. The van der Waals surface area contributed by atoms with E-state index in [2.05, 4.69) is 4.90 Å². The fraction of sp³-hybridized carbons (Fsp3) is 0.344.